The van der Waals surface area contributed by atoms with Crippen LogP contribution in [0.3, 0.4) is 0 Å². The van der Waals surface area contributed by atoms with E-state index in [1.807, 2.05) is 6.92 Å². The van der Waals surface area contributed by atoms with Crippen LogP contribution in [0, 0.1) is 5.82 Å². The zero-order chi connectivity index (χ0) is 12.4. The Hall–Kier alpha value is -2.17. The van der Waals surface area contributed by atoms with Crippen molar-refractivity contribution in [2.75, 3.05) is 0 Å². The maximum Gasteiger partial charge on any atom is 0.335 e. The van der Waals surface area contributed by atoms with Gasteiger partial charge in [-0.3, -0.25) is 4.68 Å². The highest BCUT2D eigenvalue weighted by Crippen LogP contribution is 2.21. The Morgan fingerprint density at radius 1 is 1.41 bits per heavy atom. The van der Waals surface area contributed by atoms with Crippen molar-refractivity contribution in [3.8, 4) is 11.1 Å². The number of hydrogen-bond acceptors (Lipinski definition) is 2. The molecule has 17 heavy (non-hydrogen) atoms. The number of hydrogen-bond donors (Lipinski definition) is 1. The molecule has 0 saturated carbocycles. The number of carboxylic acids is 1. The molecule has 5 heteroatoms. The normalized spacial score (nSPS) is 10.5. The largest absolute Gasteiger partial charge is 0.478 e. The van der Waals surface area contributed by atoms with Gasteiger partial charge in [0.15, 0.2) is 0 Å². The molecule has 1 aromatic carbocycles. The van der Waals surface area contributed by atoms with Gasteiger partial charge in [-0.1, -0.05) is 0 Å². The summed E-state index contributed by atoms with van der Waals surface area (Å²) in [6.07, 6.45) is 3.34. The summed E-state index contributed by atoms with van der Waals surface area (Å²) in [4.78, 5) is 10.8. The lowest BCUT2D eigenvalue weighted by atomic mass is 10.1. The summed E-state index contributed by atoms with van der Waals surface area (Å²) in [6, 6.07) is 3.72. The highest BCUT2D eigenvalue weighted by molar-refractivity contribution is 5.89. The number of nitrogens with zero attached hydrogens (tertiary/aromatic N) is 2. The summed E-state index contributed by atoms with van der Waals surface area (Å²) in [5.41, 5.74) is 1.15. The van der Waals surface area contributed by atoms with Gasteiger partial charge >= 0.3 is 5.97 Å². The third kappa shape index (κ3) is 2.33. The predicted octanol–water partition coefficient (Wildman–Crippen LogP) is 2.41. The Bertz CT molecular complexity index is 563. The maximum absolute atomic E-state index is 13.3. The minimum Gasteiger partial charge on any atom is -0.478 e. The molecule has 88 valence electrons. The number of carboxylic acid groups (broad SMARTS) is 1. The van der Waals surface area contributed by atoms with Crippen molar-refractivity contribution in [1.29, 1.82) is 0 Å². The lowest BCUT2D eigenvalue weighted by Gasteiger charge is -2.00. The standard InChI is InChI=1S/C12H11FN2O2/c1-2-15-7-10(6-14-15)8-3-9(12(16)17)5-11(13)4-8/h3-7H,2H2,1H3,(H,16,17). The first-order valence-corrected chi connectivity index (χ1v) is 5.17. The first-order chi connectivity index (χ1) is 8.10. The summed E-state index contributed by atoms with van der Waals surface area (Å²) >= 11 is 0. The minimum atomic E-state index is -1.14. The minimum absolute atomic E-state index is 0.0655. The summed E-state index contributed by atoms with van der Waals surface area (Å²) in [6.45, 7) is 2.64. The molecule has 0 spiro atoms. The molecule has 0 aliphatic heterocycles. The van der Waals surface area contributed by atoms with Gasteiger partial charge in [0.1, 0.15) is 5.82 Å². The van der Waals surface area contributed by atoms with E-state index >= 15 is 0 Å². The van der Waals surface area contributed by atoms with Crippen LogP contribution in [0.1, 0.15) is 17.3 Å². The average Bonchev–Trinajstić information content (AvgIpc) is 2.76. The molecular formula is C12H11FN2O2. The monoisotopic (exact) mass is 234 g/mol. The molecule has 1 aromatic heterocycles. The molecule has 0 amide bonds. The van der Waals surface area contributed by atoms with Gasteiger partial charge in [0.05, 0.1) is 11.8 Å². The second-order valence-electron chi connectivity index (χ2n) is 3.62. The number of carbonyl (C=O) groups is 1. The fourth-order valence-corrected chi connectivity index (χ4v) is 1.57. The molecule has 0 unspecified atom stereocenters. The van der Waals surface area contributed by atoms with Crippen LogP contribution in [-0.2, 0) is 6.54 Å². The second-order valence-corrected chi connectivity index (χ2v) is 3.62. The number of aromatic nitrogens is 2. The van der Waals surface area contributed by atoms with Crippen molar-refractivity contribution in [2.24, 2.45) is 0 Å². The van der Waals surface area contributed by atoms with Crippen molar-refractivity contribution in [3.05, 3.63) is 42.0 Å². The van der Waals surface area contributed by atoms with Gasteiger partial charge in [0, 0.05) is 18.3 Å². The van der Waals surface area contributed by atoms with Crippen LogP contribution < -0.4 is 0 Å². The number of benzene rings is 1. The van der Waals surface area contributed by atoms with Gasteiger partial charge in [-0.2, -0.15) is 5.10 Å². The molecule has 0 aliphatic rings. The summed E-state index contributed by atoms with van der Waals surface area (Å²) in [5, 5.41) is 12.9. The Labute approximate surface area is 97.3 Å². The van der Waals surface area contributed by atoms with E-state index in [1.165, 1.54) is 12.1 Å². The lowest BCUT2D eigenvalue weighted by molar-refractivity contribution is 0.0696. The summed E-state index contributed by atoms with van der Waals surface area (Å²) < 4.78 is 15.0. The number of aromatic carboxylic acids is 1. The van der Waals surface area contributed by atoms with E-state index in [1.54, 1.807) is 17.1 Å². The SMILES string of the molecule is CCn1cc(-c2cc(F)cc(C(=O)O)c2)cn1. The van der Waals surface area contributed by atoms with Crippen LogP contribution in [0.4, 0.5) is 4.39 Å². The van der Waals surface area contributed by atoms with E-state index in [2.05, 4.69) is 5.10 Å². The molecule has 0 fully saturated rings. The van der Waals surface area contributed by atoms with Gasteiger partial charge in [0.25, 0.3) is 0 Å². The van der Waals surface area contributed by atoms with E-state index in [4.69, 9.17) is 5.11 Å². The quantitative estimate of drug-likeness (QED) is 0.887. The van der Waals surface area contributed by atoms with Crippen LogP contribution in [0.5, 0.6) is 0 Å². The third-order valence-corrected chi connectivity index (χ3v) is 2.44. The van der Waals surface area contributed by atoms with Gasteiger partial charge in [-0.15, -0.1) is 0 Å². The van der Waals surface area contributed by atoms with Crippen LogP contribution >= 0.6 is 0 Å². The zero-order valence-electron chi connectivity index (χ0n) is 9.22. The zero-order valence-corrected chi connectivity index (χ0v) is 9.22. The van der Waals surface area contributed by atoms with Crippen LogP contribution in [0.2, 0.25) is 0 Å². The fourth-order valence-electron chi connectivity index (χ4n) is 1.57. The first-order valence-electron chi connectivity index (χ1n) is 5.17. The van der Waals surface area contributed by atoms with E-state index in [9.17, 15) is 9.18 Å². The van der Waals surface area contributed by atoms with E-state index < -0.39 is 11.8 Å². The Morgan fingerprint density at radius 2 is 2.18 bits per heavy atom. The molecule has 2 aromatic rings. The van der Waals surface area contributed by atoms with Crippen molar-refractivity contribution in [1.82, 2.24) is 9.78 Å². The fraction of sp³-hybridized carbons (Fsp3) is 0.167. The second kappa shape index (κ2) is 4.37. The molecular weight excluding hydrogens is 223 g/mol. The van der Waals surface area contributed by atoms with Gasteiger partial charge in [0.2, 0.25) is 0 Å². The molecule has 1 N–H and O–H groups in total. The van der Waals surface area contributed by atoms with E-state index in [0.717, 1.165) is 6.07 Å². The van der Waals surface area contributed by atoms with E-state index in [0.29, 0.717) is 17.7 Å². The van der Waals surface area contributed by atoms with E-state index in [-0.39, 0.29) is 5.56 Å². The van der Waals surface area contributed by atoms with Crippen molar-refractivity contribution < 1.29 is 14.3 Å². The van der Waals surface area contributed by atoms with Crippen LogP contribution in [-0.4, -0.2) is 20.9 Å². The molecule has 0 saturated heterocycles. The topological polar surface area (TPSA) is 55.1 Å². The van der Waals surface area contributed by atoms with Crippen molar-refractivity contribution >= 4 is 5.97 Å². The number of rotatable bonds is 3. The van der Waals surface area contributed by atoms with Crippen LogP contribution in [0.15, 0.2) is 30.6 Å². The number of aryl methyl sites for hydroxylation is 1. The molecule has 0 aliphatic carbocycles. The molecule has 0 bridgehead atoms. The molecule has 4 nitrogen and oxygen atoms in total. The highest BCUT2D eigenvalue weighted by atomic mass is 19.1. The molecule has 0 atom stereocenters. The molecule has 0 radical (unpaired) electrons. The Morgan fingerprint density at radius 3 is 2.76 bits per heavy atom. The van der Waals surface area contributed by atoms with Gasteiger partial charge in [-0.05, 0) is 30.7 Å². The van der Waals surface area contributed by atoms with Crippen molar-refractivity contribution in [3.63, 3.8) is 0 Å². The lowest BCUT2D eigenvalue weighted by Crippen LogP contribution is -1.97. The van der Waals surface area contributed by atoms with Gasteiger partial charge < -0.3 is 5.11 Å². The van der Waals surface area contributed by atoms with Crippen LogP contribution in [0.25, 0.3) is 11.1 Å². The van der Waals surface area contributed by atoms with Crippen molar-refractivity contribution in [2.45, 2.75) is 13.5 Å². The Kier molecular flexibility index (Phi) is 2.91. The third-order valence-electron chi connectivity index (χ3n) is 2.44. The number of halogens is 1. The predicted molar refractivity (Wildman–Crippen MR) is 60.3 cm³/mol. The average molecular weight is 234 g/mol. The smallest absolute Gasteiger partial charge is 0.335 e. The molecule has 1 heterocycles. The summed E-state index contributed by atoms with van der Waals surface area (Å²) in [5.74, 6) is -1.71. The van der Waals surface area contributed by atoms with Gasteiger partial charge in [-0.25, -0.2) is 9.18 Å². The maximum atomic E-state index is 13.3. The highest BCUT2D eigenvalue weighted by Gasteiger charge is 2.09. The molecule has 2 rings (SSSR count). The Balaban J connectivity index is 2.47. The summed E-state index contributed by atoms with van der Waals surface area (Å²) in [7, 11) is 0. The first kappa shape index (κ1) is 11.3.